The number of aromatic nitrogens is 1. The summed E-state index contributed by atoms with van der Waals surface area (Å²) in [6.45, 7) is 4.49. The van der Waals surface area contributed by atoms with E-state index in [0.29, 0.717) is 12.4 Å². The molecular weight excluding hydrogens is 284 g/mol. The van der Waals surface area contributed by atoms with E-state index in [1.165, 1.54) is 11.3 Å². The number of aliphatic hydroxyl groups is 1. The number of nitrogens with zero attached hydrogens (tertiary/aromatic N) is 2. The molecule has 1 aromatic rings. The molecule has 1 aromatic heterocycles. The fourth-order valence-corrected chi connectivity index (χ4v) is 3.08. The first kappa shape index (κ1) is 16.4. The maximum atomic E-state index is 12.3. The zero-order chi connectivity index (χ0) is 14.3. The van der Waals surface area contributed by atoms with Crippen molar-refractivity contribution >= 4 is 28.8 Å². The number of halogens is 1. The quantitative estimate of drug-likeness (QED) is 0.751. The lowest BCUT2D eigenvalue weighted by Crippen LogP contribution is -2.42. The minimum Gasteiger partial charge on any atom is -0.395 e. The Bertz CT molecular complexity index is 394. The number of carbonyl (C=O) groups is 1. The van der Waals surface area contributed by atoms with Crippen molar-refractivity contribution in [3.05, 3.63) is 16.1 Å². The summed E-state index contributed by atoms with van der Waals surface area (Å²) in [5.74, 6) is 0.399. The van der Waals surface area contributed by atoms with E-state index < -0.39 is 0 Å². The van der Waals surface area contributed by atoms with Crippen molar-refractivity contribution in [2.45, 2.75) is 45.0 Å². The Balaban J connectivity index is 2.70. The molecule has 1 rings (SSSR count). The van der Waals surface area contributed by atoms with Gasteiger partial charge in [-0.05, 0) is 12.8 Å². The second kappa shape index (κ2) is 8.51. The van der Waals surface area contributed by atoms with Crippen LogP contribution in [-0.4, -0.2) is 40.1 Å². The first-order valence-corrected chi connectivity index (χ1v) is 7.97. The van der Waals surface area contributed by atoms with Crippen molar-refractivity contribution in [3.8, 4) is 0 Å². The average molecular weight is 305 g/mol. The second-order valence-electron chi connectivity index (χ2n) is 4.32. The molecule has 1 N–H and O–H groups in total. The maximum absolute atomic E-state index is 12.3. The van der Waals surface area contributed by atoms with Crippen molar-refractivity contribution in [3.63, 3.8) is 0 Å². The summed E-state index contributed by atoms with van der Waals surface area (Å²) in [6, 6.07) is 0.187. The van der Waals surface area contributed by atoms with Crippen molar-refractivity contribution in [1.82, 2.24) is 9.88 Å². The third kappa shape index (κ3) is 4.75. The van der Waals surface area contributed by atoms with Crippen LogP contribution in [0.5, 0.6) is 0 Å². The highest BCUT2D eigenvalue weighted by Gasteiger charge is 2.21. The van der Waals surface area contributed by atoms with Gasteiger partial charge < -0.3 is 10.0 Å². The summed E-state index contributed by atoms with van der Waals surface area (Å²) in [4.78, 5) is 18.4. The van der Waals surface area contributed by atoms with E-state index in [2.05, 4.69) is 18.8 Å². The normalized spacial score (nSPS) is 11.0. The van der Waals surface area contributed by atoms with Gasteiger partial charge in [-0.1, -0.05) is 13.8 Å². The lowest BCUT2D eigenvalue weighted by molar-refractivity contribution is -0.133. The van der Waals surface area contributed by atoms with Gasteiger partial charge >= 0.3 is 0 Å². The molecule has 0 aliphatic carbocycles. The van der Waals surface area contributed by atoms with Crippen molar-refractivity contribution in [1.29, 1.82) is 0 Å². The van der Waals surface area contributed by atoms with E-state index in [1.807, 2.05) is 5.38 Å². The highest BCUT2D eigenvalue weighted by molar-refractivity contribution is 7.09. The lowest BCUT2D eigenvalue weighted by atomic mass is 10.1. The van der Waals surface area contributed by atoms with E-state index >= 15 is 0 Å². The molecule has 1 heterocycles. The second-order valence-corrected chi connectivity index (χ2v) is 5.53. The lowest BCUT2D eigenvalue weighted by Gasteiger charge is -2.29. The first-order valence-electron chi connectivity index (χ1n) is 6.55. The Morgan fingerprint density at radius 2 is 2.21 bits per heavy atom. The van der Waals surface area contributed by atoms with Gasteiger partial charge in [0.2, 0.25) is 5.91 Å². The fourth-order valence-electron chi connectivity index (χ4n) is 2.07. The van der Waals surface area contributed by atoms with E-state index in [9.17, 15) is 4.79 Å². The molecule has 0 unspecified atom stereocenters. The Kier molecular flexibility index (Phi) is 7.34. The highest BCUT2D eigenvalue weighted by Crippen LogP contribution is 2.15. The van der Waals surface area contributed by atoms with Gasteiger partial charge in [-0.3, -0.25) is 4.79 Å². The number of amides is 1. The third-order valence-electron chi connectivity index (χ3n) is 3.08. The summed E-state index contributed by atoms with van der Waals surface area (Å²) >= 11 is 7.16. The van der Waals surface area contributed by atoms with Gasteiger partial charge in [0, 0.05) is 18.0 Å². The zero-order valence-electron chi connectivity index (χ0n) is 11.4. The molecule has 0 saturated carbocycles. The molecule has 6 heteroatoms. The maximum Gasteiger partial charge on any atom is 0.229 e. The van der Waals surface area contributed by atoms with Gasteiger partial charge in [0.25, 0.3) is 0 Å². The molecule has 0 aliphatic heterocycles. The van der Waals surface area contributed by atoms with Crippen LogP contribution in [0.1, 0.15) is 37.4 Å². The van der Waals surface area contributed by atoms with Gasteiger partial charge in [0.05, 0.1) is 24.6 Å². The topological polar surface area (TPSA) is 53.4 Å². The molecule has 0 fully saturated rings. The van der Waals surface area contributed by atoms with Gasteiger partial charge in [-0.2, -0.15) is 0 Å². The molecular formula is C13H21ClN2O2S. The van der Waals surface area contributed by atoms with E-state index in [1.54, 1.807) is 4.90 Å². The monoisotopic (exact) mass is 304 g/mol. The summed E-state index contributed by atoms with van der Waals surface area (Å²) in [5, 5.41) is 11.8. The van der Waals surface area contributed by atoms with Crippen LogP contribution in [-0.2, 0) is 17.1 Å². The van der Waals surface area contributed by atoms with Gasteiger partial charge in [-0.25, -0.2) is 4.98 Å². The Labute approximate surface area is 123 Å². The standard InChI is InChI=1S/C13H21ClN2O2S/c1-3-11(4-2)16(5-6-17)13(18)7-12-15-10(8-14)9-19-12/h9,11,17H,3-8H2,1-2H3. The van der Waals surface area contributed by atoms with Gasteiger partial charge in [0.1, 0.15) is 5.01 Å². The Morgan fingerprint density at radius 1 is 1.53 bits per heavy atom. The largest absolute Gasteiger partial charge is 0.395 e. The smallest absolute Gasteiger partial charge is 0.229 e. The van der Waals surface area contributed by atoms with E-state index in [0.717, 1.165) is 23.5 Å². The molecule has 4 nitrogen and oxygen atoms in total. The predicted molar refractivity (Wildman–Crippen MR) is 78.5 cm³/mol. The zero-order valence-corrected chi connectivity index (χ0v) is 13.0. The van der Waals surface area contributed by atoms with Crippen LogP contribution in [0.15, 0.2) is 5.38 Å². The molecule has 0 aliphatic rings. The number of alkyl halides is 1. The van der Waals surface area contributed by atoms with Crippen LogP contribution >= 0.6 is 22.9 Å². The number of rotatable bonds is 8. The molecule has 0 spiro atoms. The van der Waals surface area contributed by atoms with Crippen LogP contribution in [0.25, 0.3) is 0 Å². The summed E-state index contributed by atoms with van der Waals surface area (Å²) in [7, 11) is 0. The van der Waals surface area contributed by atoms with Crippen LogP contribution < -0.4 is 0 Å². The number of thiazole rings is 1. The molecule has 19 heavy (non-hydrogen) atoms. The Morgan fingerprint density at radius 3 is 2.68 bits per heavy atom. The van der Waals surface area contributed by atoms with Crippen molar-refractivity contribution < 1.29 is 9.90 Å². The van der Waals surface area contributed by atoms with Crippen LogP contribution in [0.4, 0.5) is 0 Å². The minimum absolute atomic E-state index is 0.00691. The molecule has 0 bridgehead atoms. The van der Waals surface area contributed by atoms with Crippen LogP contribution in [0, 0.1) is 0 Å². The SMILES string of the molecule is CCC(CC)N(CCO)C(=O)Cc1nc(CCl)cs1. The van der Waals surface area contributed by atoms with Crippen molar-refractivity contribution in [2.24, 2.45) is 0 Å². The first-order chi connectivity index (χ1) is 9.15. The van der Waals surface area contributed by atoms with Gasteiger partial charge in [0.15, 0.2) is 0 Å². The van der Waals surface area contributed by atoms with Crippen LogP contribution in [0.2, 0.25) is 0 Å². The highest BCUT2D eigenvalue weighted by atomic mass is 35.5. The summed E-state index contributed by atoms with van der Waals surface area (Å²) < 4.78 is 0. The molecule has 108 valence electrons. The number of carbonyl (C=O) groups excluding carboxylic acids is 1. The molecule has 0 atom stereocenters. The third-order valence-corrected chi connectivity index (χ3v) is 4.25. The molecule has 1 amide bonds. The summed E-state index contributed by atoms with van der Waals surface area (Å²) in [5.41, 5.74) is 0.811. The van der Waals surface area contributed by atoms with Crippen molar-refractivity contribution in [2.75, 3.05) is 13.2 Å². The number of hydrogen-bond acceptors (Lipinski definition) is 4. The average Bonchev–Trinajstić information content (AvgIpc) is 2.86. The molecule has 0 radical (unpaired) electrons. The van der Waals surface area contributed by atoms with E-state index in [-0.39, 0.29) is 25.0 Å². The van der Waals surface area contributed by atoms with E-state index in [4.69, 9.17) is 16.7 Å². The Hall–Kier alpha value is -0.650. The molecule has 0 saturated heterocycles. The number of hydrogen-bond donors (Lipinski definition) is 1. The number of aliphatic hydroxyl groups excluding tert-OH is 1. The van der Waals surface area contributed by atoms with Crippen LogP contribution in [0.3, 0.4) is 0 Å². The fraction of sp³-hybridized carbons (Fsp3) is 0.692. The predicted octanol–water partition coefficient (Wildman–Crippen LogP) is 2.43. The minimum atomic E-state index is -0.00691. The summed E-state index contributed by atoms with van der Waals surface area (Å²) in [6.07, 6.45) is 2.08. The van der Waals surface area contributed by atoms with Gasteiger partial charge in [-0.15, -0.1) is 22.9 Å². The molecule has 0 aromatic carbocycles.